The molecule has 0 aromatic rings. The van der Waals surface area contributed by atoms with Gasteiger partial charge in [0, 0.05) is 0 Å². The summed E-state index contributed by atoms with van der Waals surface area (Å²) in [6.07, 6.45) is 0. The predicted octanol–water partition coefficient (Wildman–Crippen LogP) is -4.02. The van der Waals surface area contributed by atoms with Crippen LogP contribution in [0.1, 0.15) is 0 Å². The van der Waals surface area contributed by atoms with E-state index in [0.29, 0.717) is 0 Å². The summed E-state index contributed by atoms with van der Waals surface area (Å²) in [5.41, 5.74) is 0. The summed E-state index contributed by atoms with van der Waals surface area (Å²) in [5.74, 6) is 0. The highest BCUT2D eigenvalue weighted by atomic mass is 35.5. The predicted molar refractivity (Wildman–Crippen MR) is 21.8 cm³/mol. The van der Waals surface area contributed by atoms with Gasteiger partial charge in [0.2, 0.25) is 0 Å². The molecule has 1 nitrogen and oxygen atoms in total. The van der Waals surface area contributed by atoms with Crippen LogP contribution < -0.4 is 16.7 Å². The van der Waals surface area contributed by atoms with Crippen molar-refractivity contribution in [1.82, 2.24) is 0 Å². The van der Waals surface area contributed by atoms with Crippen LogP contribution in [-0.2, 0) is 0 Å². The van der Waals surface area contributed by atoms with Crippen LogP contribution in [0, 0.1) is 0 Å². The molecular weight excluding hydrogens is 106 g/mol. The number of hydrogen-bond donors (Lipinski definition) is 2. The van der Waals surface area contributed by atoms with Gasteiger partial charge in [-0.3, -0.25) is 4.31 Å². The molecule has 1 N–H and O–H groups in total. The Morgan fingerprint density at radius 3 is 1.40 bits per heavy atom. The first-order valence-electron chi connectivity index (χ1n) is 1.22. The lowest BCUT2D eigenvalue weighted by atomic mass is 11.3. The summed E-state index contributed by atoms with van der Waals surface area (Å²) in [4.78, 5) is 0. The van der Waals surface area contributed by atoms with Crippen molar-refractivity contribution < 1.29 is 16.7 Å². The largest absolute Gasteiger partial charge is 1.00 e. The zero-order chi connectivity index (χ0) is 3.58. The minimum atomic E-state index is 0. The highest BCUT2D eigenvalue weighted by molar-refractivity contribution is 7.73. The smallest absolute Gasteiger partial charge is 0.0767 e. The van der Waals surface area contributed by atoms with Gasteiger partial charge in [-0.1, -0.05) is 0 Å². The fraction of sp³-hybridized carbons (Fsp3) is 1.00. The Hall–Kier alpha value is 0.600. The average Bonchev–Trinajstić information content (AvgIpc) is 0.811. The van der Waals surface area contributed by atoms with Crippen LogP contribution in [0.25, 0.3) is 0 Å². The standard InChI is InChI=1S/C2H7NS.ClH/c1-3(2)4;/h4H,1-2H3;1H. The monoisotopic (exact) mass is 113 g/mol. The van der Waals surface area contributed by atoms with Crippen LogP contribution in [0.5, 0.6) is 0 Å². The summed E-state index contributed by atoms with van der Waals surface area (Å²) in [5, 5.41) is 0. The number of thiol groups is 1. The van der Waals surface area contributed by atoms with Gasteiger partial charge in [-0.05, 0) is 0 Å². The lowest BCUT2D eigenvalue weighted by Crippen LogP contribution is -3.00. The average molecular weight is 114 g/mol. The van der Waals surface area contributed by atoms with Crippen molar-refractivity contribution in [1.29, 1.82) is 0 Å². The molecule has 0 aromatic heterocycles. The molecule has 0 aliphatic heterocycles. The first kappa shape index (κ1) is 9.14. The maximum atomic E-state index is 3.88. The van der Waals surface area contributed by atoms with Gasteiger partial charge < -0.3 is 12.4 Å². The van der Waals surface area contributed by atoms with Crippen LogP contribution in [0.2, 0.25) is 0 Å². The molecule has 34 valence electrons. The fourth-order valence-electron chi connectivity index (χ4n) is 0. The molecule has 0 radical (unpaired) electrons. The summed E-state index contributed by atoms with van der Waals surface area (Å²) in [7, 11) is 3.90. The van der Waals surface area contributed by atoms with E-state index in [0.717, 1.165) is 4.31 Å². The third kappa shape index (κ3) is 86.4. The van der Waals surface area contributed by atoms with E-state index in [1.165, 1.54) is 0 Å². The number of rotatable bonds is 0. The summed E-state index contributed by atoms with van der Waals surface area (Å²) < 4.78 is 1.11. The van der Waals surface area contributed by atoms with Crippen molar-refractivity contribution in [2.24, 2.45) is 0 Å². The quantitative estimate of drug-likeness (QED) is 0.295. The van der Waals surface area contributed by atoms with Gasteiger partial charge in [0.25, 0.3) is 0 Å². The Morgan fingerprint density at radius 1 is 1.40 bits per heavy atom. The summed E-state index contributed by atoms with van der Waals surface area (Å²) >= 11 is 3.88. The van der Waals surface area contributed by atoms with Crippen molar-refractivity contribution in [2.75, 3.05) is 14.1 Å². The molecule has 0 spiro atoms. The van der Waals surface area contributed by atoms with Gasteiger partial charge in [0.05, 0.1) is 26.9 Å². The van der Waals surface area contributed by atoms with E-state index < -0.39 is 0 Å². The molecule has 0 fully saturated rings. The van der Waals surface area contributed by atoms with Gasteiger partial charge in [0.15, 0.2) is 0 Å². The van der Waals surface area contributed by atoms with E-state index in [9.17, 15) is 0 Å². The molecule has 5 heavy (non-hydrogen) atoms. The second kappa shape index (κ2) is 4.60. The van der Waals surface area contributed by atoms with Crippen molar-refractivity contribution in [3.8, 4) is 0 Å². The van der Waals surface area contributed by atoms with Gasteiger partial charge >= 0.3 is 0 Å². The Bertz CT molecular complexity index is 14.4. The minimum absolute atomic E-state index is 0. The first-order chi connectivity index (χ1) is 1.73. The Kier molecular flexibility index (Phi) is 8.41. The molecule has 3 heteroatoms. The first-order valence-corrected chi connectivity index (χ1v) is 1.67. The number of hydrogen-bond acceptors (Lipinski definition) is 1. The molecule has 0 saturated heterocycles. The third-order valence-corrected chi connectivity index (χ3v) is 0. The lowest BCUT2D eigenvalue weighted by Gasteiger charge is -1.85. The zero-order valence-corrected chi connectivity index (χ0v) is 4.98. The molecule has 0 saturated carbocycles. The molecule has 0 aliphatic carbocycles. The van der Waals surface area contributed by atoms with Gasteiger partial charge in [-0.15, -0.1) is 0 Å². The van der Waals surface area contributed by atoms with E-state index >= 15 is 0 Å². The van der Waals surface area contributed by atoms with Crippen molar-refractivity contribution in [3.05, 3.63) is 0 Å². The molecule has 0 atom stereocenters. The van der Waals surface area contributed by atoms with Gasteiger partial charge in [-0.25, -0.2) is 0 Å². The van der Waals surface area contributed by atoms with E-state index in [-0.39, 0.29) is 12.4 Å². The van der Waals surface area contributed by atoms with E-state index in [2.05, 4.69) is 12.8 Å². The van der Waals surface area contributed by atoms with Crippen LogP contribution in [0.4, 0.5) is 0 Å². The van der Waals surface area contributed by atoms with Crippen LogP contribution in [0.3, 0.4) is 0 Å². The normalized spacial score (nSPS) is 7.20. The number of quaternary nitrogens is 1. The van der Waals surface area contributed by atoms with Crippen LogP contribution in [0.15, 0.2) is 0 Å². The molecular formula is C2H8ClNS. The highest BCUT2D eigenvalue weighted by Gasteiger charge is 1.64. The van der Waals surface area contributed by atoms with Gasteiger partial charge in [0.1, 0.15) is 0 Å². The maximum absolute atomic E-state index is 3.88. The summed E-state index contributed by atoms with van der Waals surface area (Å²) in [6.45, 7) is 0. The summed E-state index contributed by atoms with van der Waals surface area (Å²) in [6, 6.07) is 0. The molecule has 0 aromatic carbocycles. The molecule has 0 amide bonds. The third-order valence-electron chi connectivity index (χ3n) is 0. The Morgan fingerprint density at radius 2 is 1.40 bits per heavy atom. The van der Waals surface area contributed by atoms with Crippen molar-refractivity contribution in [2.45, 2.75) is 0 Å². The number of halogens is 1. The van der Waals surface area contributed by atoms with Crippen LogP contribution >= 0.6 is 12.8 Å². The molecule has 0 rings (SSSR count). The molecule has 0 aliphatic rings. The highest BCUT2D eigenvalue weighted by Crippen LogP contribution is 1.22. The Balaban J connectivity index is 0. The maximum Gasteiger partial charge on any atom is 0.0767 e. The molecule has 0 unspecified atom stereocenters. The fourth-order valence-corrected chi connectivity index (χ4v) is 0. The van der Waals surface area contributed by atoms with Gasteiger partial charge in [-0.2, -0.15) is 0 Å². The molecule has 0 heterocycles. The van der Waals surface area contributed by atoms with Crippen LogP contribution in [-0.4, -0.2) is 14.1 Å². The lowest BCUT2D eigenvalue weighted by molar-refractivity contribution is -0.700. The van der Waals surface area contributed by atoms with E-state index in [1.54, 1.807) is 0 Å². The molecule has 0 bridgehead atoms. The van der Waals surface area contributed by atoms with Crippen molar-refractivity contribution in [3.63, 3.8) is 0 Å². The second-order valence-electron chi connectivity index (χ2n) is 0.947. The Labute approximate surface area is 44.3 Å². The SMILES string of the molecule is C[NH+](C)S.[Cl-]. The number of nitrogens with one attached hydrogen (secondary N) is 1. The van der Waals surface area contributed by atoms with Crippen molar-refractivity contribution >= 4 is 12.8 Å². The second-order valence-corrected chi connectivity index (χ2v) is 1.84. The zero-order valence-electron chi connectivity index (χ0n) is 3.33. The topological polar surface area (TPSA) is 4.44 Å². The van der Waals surface area contributed by atoms with E-state index in [4.69, 9.17) is 0 Å². The minimum Gasteiger partial charge on any atom is -1.00 e. The van der Waals surface area contributed by atoms with E-state index in [1.807, 2.05) is 14.1 Å².